The molecule has 70 heavy (non-hydrogen) atoms. The molecule has 30 heteroatoms. The summed E-state index contributed by atoms with van der Waals surface area (Å²) in [5.41, 5.74) is -28.6. The first-order valence-electron chi connectivity index (χ1n) is 20.9. The summed E-state index contributed by atoms with van der Waals surface area (Å²) in [4.78, 5) is 0. The van der Waals surface area contributed by atoms with Gasteiger partial charge in [-0.15, -0.1) is 0 Å². The van der Waals surface area contributed by atoms with Crippen LogP contribution in [0.1, 0.15) is 101 Å². The van der Waals surface area contributed by atoms with Crippen molar-refractivity contribution >= 4 is 0 Å². The molecule has 3 fully saturated rings. The SMILES string of the molecule is CCC(C)c1cc(C(OCOC2CC(C)CC2CCC(O)(C(F)(F)F)C(F)(F)F)(C(F)(F)F)C(F)(F)F)cc(C(OCOC2CC3CC(CC(O)(C(F)(F)F)C(F)(F)F)C2C3)(C(F)(F)F)C(F)(F)F)c1. The molecule has 3 aliphatic carbocycles. The normalized spacial score (nSPS) is 25.6. The van der Waals surface area contributed by atoms with E-state index >= 15 is 52.7 Å². The molecule has 8 unspecified atom stereocenters. The Balaban J connectivity index is 1.77. The third-order valence-electron chi connectivity index (χ3n) is 13.7. The Morgan fingerprint density at radius 2 is 0.929 bits per heavy atom. The summed E-state index contributed by atoms with van der Waals surface area (Å²) in [5.74, 6) is -7.86. The van der Waals surface area contributed by atoms with Crippen molar-refractivity contribution < 1.29 is 135 Å². The molecular formula is C40H44F24O6. The van der Waals surface area contributed by atoms with Gasteiger partial charge in [-0.25, -0.2) is 0 Å². The van der Waals surface area contributed by atoms with E-state index in [4.69, 9.17) is 9.47 Å². The molecule has 0 spiro atoms. The minimum absolute atomic E-state index is 0.0943. The van der Waals surface area contributed by atoms with Gasteiger partial charge in [-0.2, -0.15) is 105 Å². The van der Waals surface area contributed by atoms with Gasteiger partial charge in [0.2, 0.25) is 0 Å². The van der Waals surface area contributed by atoms with Gasteiger partial charge >= 0.3 is 49.4 Å². The molecule has 1 aromatic rings. The highest BCUT2D eigenvalue weighted by atomic mass is 19.4. The van der Waals surface area contributed by atoms with Gasteiger partial charge in [0, 0.05) is 11.1 Å². The van der Waals surface area contributed by atoms with Crippen LogP contribution in [0, 0.1) is 29.6 Å². The van der Waals surface area contributed by atoms with E-state index in [9.17, 15) is 62.9 Å². The second-order valence-corrected chi connectivity index (χ2v) is 18.2. The number of halogens is 24. The predicted molar refractivity (Wildman–Crippen MR) is 189 cm³/mol. The molecule has 3 aliphatic rings. The molecule has 2 N–H and O–H groups in total. The quantitative estimate of drug-likeness (QED) is 0.120. The Bertz CT molecular complexity index is 1790. The topological polar surface area (TPSA) is 77.4 Å². The largest absolute Gasteiger partial charge is 0.430 e. The highest BCUT2D eigenvalue weighted by Gasteiger charge is 2.77. The van der Waals surface area contributed by atoms with E-state index in [2.05, 4.69) is 9.47 Å². The van der Waals surface area contributed by atoms with E-state index in [1.54, 1.807) is 0 Å². The predicted octanol–water partition coefficient (Wildman–Crippen LogP) is 13.5. The number of hydrogen-bond acceptors (Lipinski definition) is 6. The van der Waals surface area contributed by atoms with Gasteiger partial charge in [-0.1, -0.05) is 32.9 Å². The lowest BCUT2D eigenvalue weighted by Gasteiger charge is -2.41. The van der Waals surface area contributed by atoms with Crippen LogP contribution in [0.2, 0.25) is 0 Å². The van der Waals surface area contributed by atoms with Gasteiger partial charge in [0.05, 0.1) is 12.2 Å². The summed E-state index contributed by atoms with van der Waals surface area (Å²) in [7, 11) is 0. The van der Waals surface area contributed by atoms with E-state index in [1.165, 1.54) is 6.92 Å². The number of hydrogen-bond donors (Lipinski definition) is 2. The summed E-state index contributed by atoms with van der Waals surface area (Å²) in [5, 5.41) is 19.3. The van der Waals surface area contributed by atoms with Gasteiger partial charge < -0.3 is 29.2 Å². The van der Waals surface area contributed by atoms with Crippen molar-refractivity contribution in [3.63, 3.8) is 0 Å². The Kier molecular flexibility index (Phi) is 16.7. The number of fused-ring (bicyclic) bond motifs is 2. The lowest BCUT2D eigenvalue weighted by atomic mass is 9.78. The Labute approximate surface area is 381 Å². The molecule has 0 saturated heterocycles. The molecule has 4 rings (SSSR count). The fourth-order valence-corrected chi connectivity index (χ4v) is 9.79. The van der Waals surface area contributed by atoms with E-state index in [1.807, 2.05) is 0 Å². The van der Waals surface area contributed by atoms with Crippen molar-refractivity contribution in [2.75, 3.05) is 13.6 Å². The van der Waals surface area contributed by atoms with Crippen LogP contribution in [0.4, 0.5) is 105 Å². The van der Waals surface area contributed by atoms with Gasteiger partial charge in [0.25, 0.3) is 22.4 Å². The lowest BCUT2D eigenvalue weighted by molar-refractivity contribution is -0.405. The smallest absolute Gasteiger partial charge is 0.374 e. The van der Waals surface area contributed by atoms with Crippen LogP contribution in [0.5, 0.6) is 0 Å². The fraction of sp³-hybridized carbons (Fsp3) is 0.850. The first-order valence-corrected chi connectivity index (χ1v) is 20.9. The van der Waals surface area contributed by atoms with Crippen LogP contribution in [-0.2, 0) is 30.1 Å². The molecule has 0 aliphatic heterocycles. The van der Waals surface area contributed by atoms with Crippen LogP contribution < -0.4 is 0 Å². The Morgan fingerprint density at radius 1 is 0.514 bits per heavy atom. The van der Waals surface area contributed by atoms with Crippen LogP contribution in [0.15, 0.2) is 18.2 Å². The summed E-state index contributed by atoms with van der Waals surface area (Å²) < 4.78 is 361. The first-order chi connectivity index (χ1) is 31.3. The van der Waals surface area contributed by atoms with Crippen molar-refractivity contribution in [3.05, 3.63) is 34.9 Å². The van der Waals surface area contributed by atoms with Gasteiger partial charge in [0.15, 0.2) is 0 Å². The summed E-state index contributed by atoms with van der Waals surface area (Å²) in [6.07, 6.45) is -64.3. The third-order valence-corrected chi connectivity index (χ3v) is 13.7. The van der Waals surface area contributed by atoms with Crippen LogP contribution in [0.3, 0.4) is 0 Å². The van der Waals surface area contributed by atoms with Crippen molar-refractivity contribution in [1.29, 1.82) is 0 Å². The molecule has 0 aromatic heterocycles. The summed E-state index contributed by atoms with van der Waals surface area (Å²) >= 11 is 0. The minimum Gasteiger partial charge on any atom is -0.374 e. The third kappa shape index (κ3) is 11.1. The summed E-state index contributed by atoms with van der Waals surface area (Å²) in [6.45, 7) is -1.11. The van der Waals surface area contributed by atoms with Crippen LogP contribution in [-0.4, -0.2) is 96.6 Å². The van der Waals surface area contributed by atoms with Crippen LogP contribution >= 0.6 is 0 Å². The molecule has 3 saturated carbocycles. The van der Waals surface area contributed by atoms with Gasteiger partial charge in [0.1, 0.15) is 13.6 Å². The van der Waals surface area contributed by atoms with Crippen LogP contribution in [0.25, 0.3) is 0 Å². The Morgan fingerprint density at radius 3 is 1.30 bits per heavy atom. The zero-order valence-corrected chi connectivity index (χ0v) is 36.2. The van der Waals surface area contributed by atoms with Crippen molar-refractivity contribution in [2.24, 2.45) is 29.6 Å². The number of benzene rings is 1. The number of aliphatic hydroxyl groups is 2. The lowest BCUT2D eigenvalue weighted by Crippen LogP contribution is -2.58. The molecule has 408 valence electrons. The molecule has 8 atom stereocenters. The van der Waals surface area contributed by atoms with E-state index < -0.39 is 201 Å². The average molecular weight is 1080 g/mol. The van der Waals surface area contributed by atoms with Crippen molar-refractivity contribution in [2.45, 2.75) is 168 Å². The van der Waals surface area contributed by atoms with E-state index in [0.717, 1.165) is 13.8 Å². The molecular weight excluding hydrogens is 1030 g/mol. The monoisotopic (exact) mass is 1080 g/mol. The first kappa shape index (κ1) is 59.9. The maximum atomic E-state index is 15.1. The second kappa shape index (κ2) is 19.5. The highest BCUT2D eigenvalue weighted by molar-refractivity contribution is 5.42. The molecule has 6 nitrogen and oxygen atoms in total. The molecule has 0 radical (unpaired) electrons. The van der Waals surface area contributed by atoms with E-state index in [-0.39, 0.29) is 25.0 Å². The molecule has 0 amide bonds. The van der Waals surface area contributed by atoms with Crippen molar-refractivity contribution in [1.82, 2.24) is 0 Å². The maximum absolute atomic E-state index is 15.1. The molecule has 1 aromatic carbocycles. The van der Waals surface area contributed by atoms with Gasteiger partial charge in [-0.3, -0.25) is 0 Å². The average Bonchev–Trinajstić information content (AvgIpc) is 3.86. The highest BCUT2D eigenvalue weighted by Crippen LogP contribution is 2.60. The number of alkyl halides is 24. The number of rotatable bonds is 17. The Hall–Kier alpha value is -2.70. The van der Waals surface area contributed by atoms with E-state index in [0.29, 0.717) is 0 Å². The van der Waals surface area contributed by atoms with Crippen molar-refractivity contribution in [3.8, 4) is 0 Å². The zero-order chi connectivity index (χ0) is 54.1. The standard InChI is InChI=1S/C40H44F24O6/c1-4-19(3)22-12-24(31(37(53,54)55,38(56,57)58)69-16-67-27-8-18(2)7-21(27)5-6-29(65,33(41,42)43)34(44,45)46)14-25(13-22)32(39(59,60)61,40(62,63)64)70-17-68-28-11-20-9-23(26(28)10-20)15-30(66,35(47,48)49)36(50,51)52/h12-14,18-21,23,26-28,65-66H,4-11,15-17H2,1-3H3. The van der Waals surface area contributed by atoms with Gasteiger partial charge in [-0.05, 0) is 105 Å². The molecule has 2 bridgehead atoms. The number of ether oxygens (including phenoxy) is 4. The minimum atomic E-state index is -6.91. The second-order valence-electron chi connectivity index (χ2n) is 18.2. The fourth-order valence-electron chi connectivity index (χ4n) is 9.79. The zero-order valence-electron chi connectivity index (χ0n) is 36.2. The molecule has 0 heterocycles. The summed E-state index contributed by atoms with van der Waals surface area (Å²) in [6, 6.07) is -1.05. The maximum Gasteiger partial charge on any atom is 0.430 e.